The molecule has 9 nitrogen and oxygen atoms in total. The van der Waals surface area contributed by atoms with Crippen LogP contribution in [0.4, 0.5) is 0 Å². The van der Waals surface area contributed by atoms with E-state index in [9.17, 15) is 0 Å². The molecule has 0 bridgehead atoms. The fraction of sp³-hybridized carbons (Fsp3) is 1.00. The minimum atomic E-state index is -1.67. The predicted molar refractivity (Wildman–Crippen MR) is 253 cm³/mol. The molecule has 2 aliphatic rings. The normalized spacial score (nSPS) is 21.3. The van der Waals surface area contributed by atoms with Gasteiger partial charge in [0, 0.05) is 0 Å². The van der Waals surface area contributed by atoms with Gasteiger partial charge in [-0.15, -0.1) is 0 Å². The third-order valence-corrected chi connectivity index (χ3v) is 13.8. The van der Waals surface area contributed by atoms with Crippen molar-refractivity contribution in [1.82, 2.24) is 0 Å². The Morgan fingerprint density at radius 1 is 0.377 bits per heavy atom. The van der Waals surface area contributed by atoms with E-state index in [1.54, 1.807) is 0 Å². The minimum absolute atomic E-state index is 0.00838. The first kappa shape index (κ1) is 58.7. The monoisotopic (exact) mass is 873 g/mol. The van der Waals surface area contributed by atoms with Crippen LogP contribution in [0.5, 0.6) is 0 Å². The fourth-order valence-electron chi connectivity index (χ4n) is 9.21. The summed E-state index contributed by atoms with van der Waals surface area (Å²) in [6.07, 6.45) is 40.9. The van der Waals surface area contributed by atoms with Gasteiger partial charge in [0.1, 0.15) is 35.6 Å². The maximum absolute atomic E-state index is 8.96. The van der Waals surface area contributed by atoms with Crippen LogP contribution in [0.25, 0.3) is 0 Å². The van der Waals surface area contributed by atoms with Crippen molar-refractivity contribution in [3.63, 3.8) is 0 Å². The quantitative estimate of drug-likeness (QED) is 0.0259. The van der Waals surface area contributed by atoms with Gasteiger partial charge in [0.15, 0.2) is 0 Å². The number of hydrogen-bond donors (Lipinski definition) is 6. The number of aliphatic hydroxyl groups is 6. The molecule has 0 spiro atoms. The summed E-state index contributed by atoms with van der Waals surface area (Å²) in [5.74, 6) is 1.33. The minimum Gasteiger partial charge on any atom is -0.394 e. The third-order valence-electron chi connectivity index (χ3n) is 13.8. The van der Waals surface area contributed by atoms with Crippen molar-refractivity contribution in [2.24, 2.45) is 11.8 Å². The lowest BCUT2D eigenvalue weighted by Gasteiger charge is -2.28. The van der Waals surface area contributed by atoms with E-state index in [0.29, 0.717) is 11.8 Å². The molecule has 2 fully saturated rings. The fourth-order valence-corrected chi connectivity index (χ4v) is 9.21. The largest absolute Gasteiger partial charge is 0.394 e. The van der Waals surface area contributed by atoms with Gasteiger partial charge in [-0.05, 0) is 37.5 Å². The van der Waals surface area contributed by atoms with Crippen molar-refractivity contribution in [1.29, 1.82) is 0 Å². The average molecular weight is 873 g/mol. The first-order valence-electron chi connectivity index (χ1n) is 26.5. The average Bonchev–Trinajstić information content (AvgIpc) is 4.23. The zero-order valence-electron chi connectivity index (χ0n) is 40.7. The van der Waals surface area contributed by atoms with Crippen molar-refractivity contribution in [3.8, 4) is 0 Å². The number of epoxide rings is 2. The van der Waals surface area contributed by atoms with Crippen LogP contribution in [-0.4, -0.2) is 106 Å². The summed E-state index contributed by atoms with van der Waals surface area (Å²) in [6, 6.07) is 0. The maximum atomic E-state index is 8.96. The number of unbranched alkanes of at least 4 members (excludes halogenated alkanes) is 26. The van der Waals surface area contributed by atoms with Crippen molar-refractivity contribution in [2.45, 2.75) is 282 Å². The topological polar surface area (TPSA) is 156 Å². The Hall–Kier alpha value is -0.360. The molecule has 0 aliphatic carbocycles. The maximum Gasteiger partial charge on any atom is 0.118 e. The Bertz CT molecular complexity index is 857. The standard InChI is InChI=1S/C46H90O3.C6H14O6/c1-5-9-13-17-21-23-25-29-33-37-43(35-31-27-19-15-11-7-3)45(41-48-45)39-47-40-46(42-49-46)44(36-32-28-20-16-12-8-4)38-34-30-26-24-22-18-14-10-6-2;7-1-3(9)5(11)6(12)4(10)2-8/h43-44H,5-42H2,1-4H3;3-12H,1-2H2/t;3-,4-,5-,6-/m.1/s1. The van der Waals surface area contributed by atoms with Crippen molar-refractivity contribution in [3.05, 3.63) is 0 Å². The van der Waals surface area contributed by atoms with Crippen LogP contribution in [0, 0.1) is 11.8 Å². The Balaban J connectivity index is 0.00000134. The molecule has 61 heavy (non-hydrogen) atoms. The van der Waals surface area contributed by atoms with Gasteiger partial charge < -0.3 is 44.8 Å². The Kier molecular flexibility index (Phi) is 37.4. The molecule has 0 aromatic rings. The number of aliphatic hydroxyl groups excluding tert-OH is 6. The lowest BCUT2D eigenvalue weighted by Crippen LogP contribution is -2.46. The molecule has 4 unspecified atom stereocenters. The lowest BCUT2D eigenvalue weighted by molar-refractivity contribution is -0.123. The first-order valence-corrected chi connectivity index (χ1v) is 26.5. The summed E-state index contributed by atoms with van der Waals surface area (Å²) in [7, 11) is 0. The molecular weight excluding hydrogens is 769 g/mol. The van der Waals surface area contributed by atoms with Gasteiger partial charge in [-0.2, -0.15) is 0 Å². The van der Waals surface area contributed by atoms with Crippen LogP contribution in [0.3, 0.4) is 0 Å². The van der Waals surface area contributed by atoms with E-state index in [4.69, 9.17) is 44.8 Å². The molecule has 366 valence electrons. The number of rotatable bonds is 45. The van der Waals surface area contributed by atoms with E-state index in [1.165, 1.54) is 218 Å². The molecule has 2 saturated heterocycles. The Morgan fingerprint density at radius 2 is 0.590 bits per heavy atom. The van der Waals surface area contributed by atoms with Crippen LogP contribution in [-0.2, 0) is 14.2 Å². The van der Waals surface area contributed by atoms with Gasteiger partial charge in [-0.1, -0.05) is 220 Å². The number of ether oxygens (including phenoxy) is 3. The smallest absolute Gasteiger partial charge is 0.118 e. The van der Waals surface area contributed by atoms with Crippen LogP contribution in [0.1, 0.15) is 246 Å². The van der Waals surface area contributed by atoms with Gasteiger partial charge in [0.2, 0.25) is 0 Å². The summed E-state index contributed by atoms with van der Waals surface area (Å²) in [5.41, 5.74) is -0.0168. The van der Waals surface area contributed by atoms with E-state index >= 15 is 0 Å². The second kappa shape index (κ2) is 38.9. The van der Waals surface area contributed by atoms with E-state index in [1.807, 2.05) is 0 Å². The molecule has 0 aromatic heterocycles. The van der Waals surface area contributed by atoms with Crippen LogP contribution in [0.15, 0.2) is 0 Å². The predicted octanol–water partition coefficient (Wildman–Crippen LogP) is 11.5. The Morgan fingerprint density at radius 3 is 0.787 bits per heavy atom. The second-order valence-electron chi connectivity index (χ2n) is 19.4. The molecule has 0 radical (unpaired) electrons. The summed E-state index contributed by atoms with van der Waals surface area (Å²) < 4.78 is 19.4. The molecule has 2 rings (SSSR count). The van der Waals surface area contributed by atoms with Crippen LogP contribution >= 0.6 is 0 Å². The van der Waals surface area contributed by atoms with Crippen molar-refractivity contribution in [2.75, 3.05) is 39.6 Å². The molecule has 0 aromatic carbocycles. The number of hydrogen-bond acceptors (Lipinski definition) is 9. The highest BCUT2D eigenvalue weighted by atomic mass is 16.6. The highest BCUT2D eigenvalue weighted by molar-refractivity contribution is 5.01. The molecule has 6 N–H and O–H groups in total. The van der Waals surface area contributed by atoms with Crippen LogP contribution in [0.2, 0.25) is 0 Å². The highest BCUT2D eigenvalue weighted by Gasteiger charge is 2.54. The molecule has 0 saturated carbocycles. The summed E-state index contributed by atoms with van der Waals surface area (Å²) in [6.45, 7) is 11.2. The summed E-state index contributed by atoms with van der Waals surface area (Å²) >= 11 is 0. The van der Waals surface area contributed by atoms with E-state index in [2.05, 4.69) is 27.7 Å². The first-order chi connectivity index (χ1) is 29.7. The zero-order chi connectivity index (χ0) is 44.9. The summed E-state index contributed by atoms with van der Waals surface area (Å²) in [4.78, 5) is 0. The van der Waals surface area contributed by atoms with Crippen LogP contribution < -0.4 is 0 Å². The van der Waals surface area contributed by atoms with E-state index < -0.39 is 37.6 Å². The van der Waals surface area contributed by atoms with E-state index in [0.717, 1.165) is 26.4 Å². The SMILES string of the molecule is CCCCCCCCCCCC(CCCCCCCC)C1(COCC2(C(CCCCCCCC)CCCCCCCCCCC)CO2)CO1.OC[C@@H](O)[C@@H](O)[C@H](O)[C@H](O)CO. The summed E-state index contributed by atoms with van der Waals surface area (Å²) in [5, 5.41) is 52.2. The lowest BCUT2D eigenvalue weighted by atomic mass is 9.83. The van der Waals surface area contributed by atoms with Gasteiger partial charge in [-0.3, -0.25) is 0 Å². The second-order valence-corrected chi connectivity index (χ2v) is 19.4. The molecule has 2 aliphatic heterocycles. The molecule has 0 amide bonds. The van der Waals surface area contributed by atoms with Crippen molar-refractivity contribution < 1.29 is 44.8 Å². The molecule has 8 atom stereocenters. The van der Waals surface area contributed by atoms with Gasteiger partial charge >= 0.3 is 0 Å². The molecular formula is C52H104O9. The van der Waals surface area contributed by atoms with Gasteiger partial charge in [0.25, 0.3) is 0 Å². The van der Waals surface area contributed by atoms with Gasteiger partial charge in [-0.25, -0.2) is 0 Å². The van der Waals surface area contributed by atoms with Gasteiger partial charge in [0.05, 0.1) is 39.6 Å². The Labute approximate surface area is 376 Å². The zero-order valence-corrected chi connectivity index (χ0v) is 40.7. The molecule has 2 heterocycles. The van der Waals surface area contributed by atoms with E-state index in [-0.39, 0.29) is 11.2 Å². The van der Waals surface area contributed by atoms with Crippen molar-refractivity contribution >= 4 is 0 Å². The highest BCUT2D eigenvalue weighted by Crippen LogP contribution is 2.45. The molecule has 9 heteroatoms. The third kappa shape index (κ3) is 28.3.